The van der Waals surface area contributed by atoms with Gasteiger partial charge in [0.15, 0.2) is 0 Å². The molecule has 0 fully saturated rings. The van der Waals surface area contributed by atoms with Gasteiger partial charge in [-0.15, -0.1) is 0 Å². The second-order valence-electron chi connectivity index (χ2n) is 5.23. The molecule has 0 spiro atoms. The van der Waals surface area contributed by atoms with E-state index in [4.69, 9.17) is 11.6 Å². The Balaban J connectivity index is 2.30. The van der Waals surface area contributed by atoms with E-state index < -0.39 is 10.0 Å². The maximum atomic E-state index is 12.4. The van der Waals surface area contributed by atoms with E-state index in [-0.39, 0.29) is 10.8 Å². The average Bonchev–Trinajstić information content (AvgIpc) is 2.44. The van der Waals surface area contributed by atoms with Gasteiger partial charge in [-0.25, -0.2) is 8.42 Å². The molecule has 0 aromatic heterocycles. The topological polar surface area (TPSA) is 75.3 Å². The Kier molecular flexibility index (Phi) is 4.97. The second-order valence-corrected chi connectivity index (χ2v) is 7.32. The number of sulfonamides is 1. The predicted molar refractivity (Wildman–Crippen MR) is 92.5 cm³/mol. The van der Waals surface area contributed by atoms with Crippen LogP contribution in [0, 0.1) is 13.8 Å². The third-order valence-corrected chi connectivity index (χ3v) is 5.03. The summed E-state index contributed by atoms with van der Waals surface area (Å²) in [5, 5.41) is 3.13. The number of hydrogen-bond acceptors (Lipinski definition) is 3. The molecule has 0 bridgehead atoms. The third kappa shape index (κ3) is 4.24. The monoisotopic (exact) mass is 352 g/mol. The average molecular weight is 353 g/mol. The number of hydrogen-bond donors (Lipinski definition) is 2. The first-order valence-corrected chi connectivity index (χ1v) is 8.72. The zero-order valence-corrected chi connectivity index (χ0v) is 14.5. The van der Waals surface area contributed by atoms with Gasteiger partial charge in [-0.3, -0.25) is 9.52 Å². The number of aryl methyl sites for hydroxylation is 2. The number of nitrogens with one attached hydrogen (secondary N) is 2. The maximum absolute atomic E-state index is 12.4. The normalized spacial score (nSPS) is 11.1. The number of amides is 1. The molecule has 0 unspecified atom stereocenters. The van der Waals surface area contributed by atoms with Crippen LogP contribution in [0.3, 0.4) is 0 Å². The van der Waals surface area contributed by atoms with Crippen LogP contribution in [0.5, 0.6) is 0 Å². The lowest BCUT2D eigenvalue weighted by Crippen LogP contribution is -2.14. The Hall–Kier alpha value is -2.05. The summed E-state index contributed by atoms with van der Waals surface area (Å²) in [5.41, 5.74) is 2.49. The van der Waals surface area contributed by atoms with E-state index >= 15 is 0 Å². The van der Waals surface area contributed by atoms with Gasteiger partial charge in [0.1, 0.15) is 0 Å². The molecule has 2 aromatic rings. The molecule has 5 nitrogen and oxygen atoms in total. The fourth-order valence-electron chi connectivity index (χ4n) is 2.00. The fraction of sp³-hybridized carbons (Fsp3) is 0.188. The van der Waals surface area contributed by atoms with Crippen molar-refractivity contribution in [3.05, 3.63) is 52.5 Å². The van der Waals surface area contributed by atoms with Crippen molar-refractivity contribution in [1.82, 2.24) is 0 Å². The van der Waals surface area contributed by atoms with Crippen LogP contribution in [0.15, 0.2) is 41.3 Å². The number of benzene rings is 2. The molecule has 0 saturated heterocycles. The summed E-state index contributed by atoms with van der Waals surface area (Å²) in [6.07, 6.45) is 0. The first-order chi connectivity index (χ1) is 10.7. The molecular weight excluding hydrogens is 336 g/mol. The zero-order valence-electron chi connectivity index (χ0n) is 13.0. The standard InChI is InChI=1S/C16H17ClN2O3S/c1-10-4-5-13(9-15(10)17)19-23(21,22)14-6-7-16(11(2)8-14)18-12(3)20/h4-9,19H,1-3H3,(H,18,20). The molecule has 2 rings (SSSR count). The Morgan fingerprint density at radius 3 is 2.30 bits per heavy atom. The molecule has 0 heterocycles. The minimum atomic E-state index is -3.73. The van der Waals surface area contributed by atoms with Gasteiger partial charge in [-0.1, -0.05) is 17.7 Å². The minimum Gasteiger partial charge on any atom is -0.326 e. The fourth-order valence-corrected chi connectivity index (χ4v) is 3.32. The highest BCUT2D eigenvalue weighted by Crippen LogP contribution is 2.24. The smallest absolute Gasteiger partial charge is 0.261 e. The van der Waals surface area contributed by atoms with Crippen molar-refractivity contribution in [3.8, 4) is 0 Å². The molecule has 23 heavy (non-hydrogen) atoms. The van der Waals surface area contributed by atoms with Gasteiger partial charge in [0.2, 0.25) is 5.91 Å². The van der Waals surface area contributed by atoms with Crippen LogP contribution < -0.4 is 10.0 Å². The van der Waals surface area contributed by atoms with E-state index in [1.165, 1.54) is 19.1 Å². The number of carbonyl (C=O) groups is 1. The Morgan fingerprint density at radius 1 is 1.04 bits per heavy atom. The van der Waals surface area contributed by atoms with Crippen molar-refractivity contribution in [2.75, 3.05) is 10.0 Å². The van der Waals surface area contributed by atoms with Crippen molar-refractivity contribution in [3.63, 3.8) is 0 Å². The zero-order chi connectivity index (χ0) is 17.2. The lowest BCUT2D eigenvalue weighted by molar-refractivity contribution is -0.114. The van der Waals surface area contributed by atoms with Gasteiger partial charge in [-0.05, 0) is 55.3 Å². The highest BCUT2D eigenvalue weighted by Gasteiger charge is 2.16. The maximum Gasteiger partial charge on any atom is 0.261 e. The van der Waals surface area contributed by atoms with Crippen LogP contribution >= 0.6 is 11.6 Å². The van der Waals surface area contributed by atoms with Crippen molar-refractivity contribution in [2.45, 2.75) is 25.7 Å². The molecule has 0 atom stereocenters. The molecule has 2 aromatic carbocycles. The van der Waals surface area contributed by atoms with Gasteiger partial charge >= 0.3 is 0 Å². The number of carbonyl (C=O) groups excluding carboxylic acids is 1. The van der Waals surface area contributed by atoms with E-state index in [1.54, 1.807) is 31.2 Å². The first kappa shape index (κ1) is 17.3. The van der Waals surface area contributed by atoms with Gasteiger partial charge in [-0.2, -0.15) is 0 Å². The number of halogens is 1. The SMILES string of the molecule is CC(=O)Nc1ccc(S(=O)(=O)Nc2ccc(C)c(Cl)c2)cc1C. The Morgan fingerprint density at radius 2 is 1.74 bits per heavy atom. The summed E-state index contributed by atoms with van der Waals surface area (Å²) in [7, 11) is -3.73. The van der Waals surface area contributed by atoms with Crippen LogP contribution in [-0.2, 0) is 14.8 Å². The number of rotatable bonds is 4. The van der Waals surface area contributed by atoms with E-state index in [9.17, 15) is 13.2 Å². The molecule has 0 aliphatic heterocycles. The minimum absolute atomic E-state index is 0.112. The van der Waals surface area contributed by atoms with Crippen LogP contribution in [0.2, 0.25) is 5.02 Å². The summed E-state index contributed by atoms with van der Waals surface area (Å²) in [6, 6.07) is 9.46. The van der Waals surface area contributed by atoms with Crippen LogP contribution in [0.1, 0.15) is 18.1 Å². The summed E-state index contributed by atoms with van der Waals surface area (Å²) >= 11 is 6.01. The summed E-state index contributed by atoms with van der Waals surface area (Å²) in [5.74, 6) is -0.212. The Bertz CT molecular complexity index is 864. The lowest BCUT2D eigenvalue weighted by atomic mass is 10.2. The van der Waals surface area contributed by atoms with E-state index in [2.05, 4.69) is 10.0 Å². The second kappa shape index (κ2) is 6.60. The van der Waals surface area contributed by atoms with E-state index in [0.29, 0.717) is 22.0 Å². The van der Waals surface area contributed by atoms with Gasteiger partial charge in [0, 0.05) is 17.6 Å². The summed E-state index contributed by atoms with van der Waals surface area (Å²) in [6.45, 7) is 4.96. The predicted octanol–water partition coefficient (Wildman–Crippen LogP) is 3.72. The highest BCUT2D eigenvalue weighted by atomic mass is 35.5. The quantitative estimate of drug-likeness (QED) is 0.880. The molecule has 0 aliphatic carbocycles. The molecule has 122 valence electrons. The summed E-state index contributed by atoms with van der Waals surface area (Å²) < 4.78 is 27.4. The Labute approximate surface area is 140 Å². The lowest BCUT2D eigenvalue weighted by Gasteiger charge is -2.12. The molecule has 0 saturated carbocycles. The summed E-state index contributed by atoms with van der Waals surface area (Å²) in [4.78, 5) is 11.2. The van der Waals surface area contributed by atoms with Gasteiger partial charge in [0.25, 0.3) is 10.0 Å². The van der Waals surface area contributed by atoms with Crippen LogP contribution in [0.4, 0.5) is 11.4 Å². The van der Waals surface area contributed by atoms with Crippen molar-refractivity contribution < 1.29 is 13.2 Å². The van der Waals surface area contributed by atoms with Crippen molar-refractivity contribution >= 4 is 38.9 Å². The van der Waals surface area contributed by atoms with Crippen molar-refractivity contribution in [1.29, 1.82) is 0 Å². The van der Waals surface area contributed by atoms with Crippen LogP contribution in [-0.4, -0.2) is 14.3 Å². The number of anilines is 2. The largest absolute Gasteiger partial charge is 0.326 e. The first-order valence-electron chi connectivity index (χ1n) is 6.86. The van der Waals surface area contributed by atoms with E-state index in [0.717, 1.165) is 5.56 Å². The van der Waals surface area contributed by atoms with E-state index in [1.807, 2.05) is 6.92 Å². The molecule has 0 aliphatic rings. The molecule has 2 N–H and O–H groups in total. The van der Waals surface area contributed by atoms with Crippen LogP contribution in [0.25, 0.3) is 0 Å². The molecule has 7 heteroatoms. The molecular formula is C16H17ClN2O3S. The van der Waals surface area contributed by atoms with Gasteiger partial charge in [0.05, 0.1) is 10.6 Å². The molecule has 1 amide bonds. The van der Waals surface area contributed by atoms with Gasteiger partial charge < -0.3 is 5.32 Å². The molecule has 0 radical (unpaired) electrons. The third-order valence-electron chi connectivity index (χ3n) is 3.24. The highest BCUT2D eigenvalue weighted by molar-refractivity contribution is 7.92. The van der Waals surface area contributed by atoms with Crippen molar-refractivity contribution in [2.24, 2.45) is 0 Å².